The second kappa shape index (κ2) is 9.72. The molecule has 5 nitrogen and oxygen atoms in total. The van der Waals surface area contributed by atoms with E-state index < -0.39 is 33.5 Å². The first-order valence-electron chi connectivity index (χ1n) is 10.8. The number of nitrogens with one attached hydrogen (secondary N) is 1. The minimum Gasteiger partial charge on any atom is -0.369 e. The van der Waals surface area contributed by atoms with Crippen LogP contribution in [0.3, 0.4) is 0 Å². The molecule has 2 aromatic rings. The lowest BCUT2D eigenvalue weighted by atomic mass is 9.89. The van der Waals surface area contributed by atoms with Crippen LogP contribution in [0.15, 0.2) is 42.5 Å². The monoisotopic (exact) mass is 524 g/mol. The van der Waals surface area contributed by atoms with Crippen LogP contribution < -0.4 is 4.72 Å². The first-order chi connectivity index (χ1) is 16.0. The first kappa shape index (κ1) is 27.4. The van der Waals surface area contributed by atoms with Crippen LogP contribution >= 0.6 is 0 Å². The summed E-state index contributed by atoms with van der Waals surface area (Å²) in [6.45, 7) is 4.36. The van der Waals surface area contributed by atoms with Gasteiger partial charge in [-0.1, -0.05) is 49.4 Å². The van der Waals surface area contributed by atoms with Crippen LogP contribution in [0.1, 0.15) is 23.6 Å². The molecule has 0 amide bonds. The van der Waals surface area contributed by atoms with Crippen molar-refractivity contribution in [3.8, 4) is 11.1 Å². The number of aliphatic hydroxyl groups is 1. The van der Waals surface area contributed by atoms with Gasteiger partial charge in [-0.15, -0.1) is 0 Å². The highest BCUT2D eigenvalue weighted by Gasteiger charge is 2.71. The van der Waals surface area contributed by atoms with Crippen LogP contribution in [-0.4, -0.2) is 56.7 Å². The standard InChI is InChI=1S/C23H26F6N2O3S/c1-3-17-10-15(12-31-13-16(14-31)11-30-35(2,33)34)4-9-20(17)18-5-7-19(8-6-18)21(32,22(24,25)26)23(27,28)29/h4-10,16,30,32H,3,11-14H2,1-2H3. The minimum atomic E-state index is -5.93. The summed E-state index contributed by atoms with van der Waals surface area (Å²) in [5.74, 6) is 0.222. The molecule has 1 saturated heterocycles. The molecule has 3 rings (SSSR count). The normalized spacial score (nSPS) is 16.4. The Morgan fingerprint density at radius 2 is 1.57 bits per heavy atom. The highest BCUT2D eigenvalue weighted by molar-refractivity contribution is 7.88. The van der Waals surface area contributed by atoms with E-state index in [1.807, 2.05) is 19.1 Å². The fraction of sp³-hybridized carbons (Fsp3) is 0.478. The molecular formula is C23H26F6N2O3S. The van der Waals surface area contributed by atoms with Crippen molar-refractivity contribution in [1.82, 2.24) is 9.62 Å². The second-order valence-corrected chi connectivity index (χ2v) is 10.6. The lowest BCUT2D eigenvalue weighted by Gasteiger charge is -2.39. The Labute approximate surface area is 199 Å². The van der Waals surface area contributed by atoms with Crippen molar-refractivity contribution >= 4 is 10.0 Å². The van der Waals surface area contributed by atoms with Crippen molar-refractivity contribution in [3.05, 3.63) is 59.2 Å². The summed E-state index contributed by atoms with van der Waals surface area (Å²) in [6, 6.07) is 9.12. The number of alkyl halides is 6. The van der Waals surface area contributed by atoms with E-state index in [0.29, 0.717) is 42.8 Å². The molecule has 12 heteroatoms. The van der Waals surface area contributed by atoms with E-state index in [0.717, 1.165) is 42.6 Å². The summed E-state index contributed by atoms with van der Waals surface area (Å²) in [5.41, 5.74) is -3.30. The maximum atomic E-state index is 13.1. The molecule has 2 aromatic carbocycles. The third-order valence-corrected chi connectivity index (χ3v) is 6.75. The number of sulfonamides is 1. The molecule has 0 unspecified atom stereocenters. The van der Waals surface area contributed by atoms with Gasteiger partial charge in [-0.25, -0.2) is 13.1 Å². The third kappa shape index (κ3) is 5.99. The number of aryl methyl sites for hydroxylation is 1. The van der Waals surface area contributed by atoms with Crippen LogP contribution in [0, 0.1) is 5.92 Å². The Bertz CT molecular complexity index is 1130. The van der Waals surface area contributed by atoms with E-state index in [1.165, 1.54) is 0 Å². The van der Waals surface area contributed by atoms with Crippen LogP contribution in [-0.2, 0) is 28.6 Å². The minimum absolute atomic E-state index is 0.222. The fourth-order valence-corrected chi connectivity index (χ4v) is 4.70. The topological polar surface area (TPSA) is 69.6 Å². The van der Waals surface area contributed by atoms with E-state index >= 15 is 0 Å². The Kier molecular flexibility index (Phi) is 7.62. The Balaban J connectivity index is 1.74. The molecular weight excluding hydrogens is 498 g/mol. The average molecular weight is 525 g/mol. The molecule has 0 aliphatic carbocycles. The Morgan fingerprint density at radius 3 is 2.06 bits per heavy atom. The molecule has 1 heterocycles. The molecule has 35 heavy (non-hydrogen) atoms. The molecule has 0 aromatic heterocycles. The second-order valence-electron chi connectivity index (χ2n) is 8.81. The van der Waals surface area contributed by atoms with Gasteiger partial charge in [0.15, 0.2) is 0 Å². The Hall–Kier alpha value is -2.15. The number of benzene rings is 2. The van der Waals surface area contributed by atoms with Gasteiger partial charge in [0.25, 0.3) is 5.60 Å². The number of hydrogen-bond acceptors (Lipinski definition) is 4. The van der Waals surface area contributed by atoms with Gasteiger partial charge in [-0.3, -0.25) is 4.90 Å². The zero-order chi connectivity index (χ0) is 26.2. The zero-order valence-corrected chi connectivity index (χ0v) is 19.9. The number of hydrogen-bond donors (Lipinski definition) is 2. The molecule has 1 aliphatic rings. The Morgan fingerprint density at radius 1 is 1.00 bits per heavy atom. The van der Waals surface area contributed by atoms with Gasteiger partial charge < -0.3 is 5.11 Å². The van der Waals surface area contributed by atoms with Crippen molar-refractivity contribution in [2.75, 3.05) is 25.9 Å². The summed E-state index contributed by atoms with van der Waals surface area (Å²) < 4.78 is 104. The van der Waals surface area contributed by atoms with E-state index in [9.17, 15) is 39.9 Å². The summed E-state index contributed by atoms with van der Waals surface area (Å²) in [7, 11) is -3.23. The maximum Gasteiger partial charge on any atom is 0.430 e. The molecule has 0 bridgehead atoms. The van der Waals surface area contributed by atoms with Crippen LogP contribution in [0.4, 0.5) is 26.3 Å². The summed E-state index contributed by atoms with van der Waals surface area (Å²) >= 11 is 0. The van der Waals surface area contributed by atoms with Gasteiger partial charge >= 0.3 is 12.4 Å². The molecule has 1 aliphatic heterocycles. The quantitative estimate of drug-likeness (QED) is 0.508. The molecule has 194 valence electrons. The van der Waals surface area contributed by atoms with Crippen molar-refractivity contribution in [2.45, 2.75) is 37.8 Å². The van der Waals surface area contributed by atoms with Gasteiger partial charge in [0, 0.05) is 31.7 Å². The molecule has 0 spiro atoms. The largest absolute Gasteiger partial charge is 0.430 e. The fourth-order valence-electron chi connectivity index (χ4n) is 4.16. The van der Waals surface area contributed by atoms with Gasteiger partial charge in [0.1, 0.15) is 0 Å². The molecule has 0 saturated carbocycles. The summed E-state index contributed by atoms with van der Waals surface area (Å²) in [4.78, 5) is 2.15. The molecule has 1 fully saturated rings. The SMILES string of the molecule is CCc1cc(CN2CC(CNS(C)(=O)=O)C2)ccc1-c1ccc(C(O)(C(F)(F)F)C(F)(F)F)cc1. The van der Waals surface area contributed by atoms with E-state index in [1.54, 1.807) is 6.07 Å². The number of likely N-dealkylation sites (tertiary alicyclic amines) is 1. The van der Waals surface area contributed by atoms with Gasteiger partial charge in [0.05, 0.1) is 6.26 Å². The van der Waals surface area contributed by atoms with Crippen molar-refractivity contribution in [3.63, 3.8) is 0 Å². The van der Waals surface area contributed by atoms with E-state index in [2.05, 4.69) is 9.62 Å². The maximum absolute atomic E-state index is 13.1. The molecule has 2 N–H and O–H groups in total. The van der Waals surface area contributed by atoms with Crippen LogP contribution in [0.2, 0.25) is 0 Å². The highest BCUT2D eigenvalue weighted by Crippen LogP contribution is 2.50. The van der Waals surface area contributed by atoms with Gasteiger partial charge in [-0.2, -0.15) is 26.3 Å². The van der Waals surface area contributed by atoms with Crippen LogP contribution in [0.25, 0.3) is 11.1 Å². The smallest absolute Gasteiger partial charge is 0.369 e. The van der Waals surface area contributed by atoms with Crippen molar-refractivity contribution in [1.29, 1.82) is 0 Å². The third-order valence-electron chi connectivity index (χ3n) is 6.06. The van der Waals surface area contributed by atoms with E-state index in [-0.39, 0.29) is 5.92 Å². The number of halogens is 6. The average Bonchev–Trinajstić information content (AvgIpc) is 2.72. The highest BCUT2D eigenvalue weighted by atomic mass is 32.2. The zero-order valence-electron chi connectivity index (χ0n) is 19.0. The van der Waals surface area contributed by atoms with Crippen molar-refractivity contribution in [2.24, 2.45) is 5.92 Å². The predicted octanol–water partition coefficient (Wildman–Crippen LogP) is 4.21. The lowest BCUT2D eigenvalue weighted by molar-refractivity contribution is -0.376. The van der Waals surface area contributed by atoms with Crippen LogP contribution in [0.5, 0.6) is 0 Å². The summed E-state index contributed by atoms with van der Waals surface area (Å²) in [6.07, 6.45) is -10.2. The molecule has 0 radical (unpaired) electrons. The first-order valence-corrected chi connectivity index (χ1v) is 12.7. The van der Waals surface area contributed by atoms with Gasteiger partial charge in [-0.05, 0) is 34.6 Å². The van der Waals surface area contributed by atoms with Crippen molar-refractivity contribution < 1.29 is 39.9 Å². The predicted molar refractivity (Wildman–Crippen MR) is 119 cm³/mol. The number of rotatable bonds is 8. The summed E-state index contributed by atoms with van der Waals surface area (Å²) in [5, 5.41) is 9.57. The van der Waals surface area contributed by atoms with E-state index in [4.69, 9.17) is 0 Å². The number of nitrogens with zero attached hydrogens (tertiary/aromatic N) is 1. The lowest BCUT2D eigenvalue weighted by Crippen LogP contribution is -2.53. The molecule has 0 atom stereocenters. The van der Waals surface area contributed by atoms with Gasteiger partial charge in [0.2, 0.25) is 10.0 Å².